The number of nitrogens with zero attached hydrogens (tertiary/aromatic N) is 2. The molecule has 4 nitrogen and oxygen atoms in total. The van der Waals surface area contributed by atoms with Gasteiger partial charge in [0.25, 0.3) is 0 Å². The Morgan fingerprint density at radius 1 is 1.25 bits per heavy atom. The van der Waals surface area contributed by atoms with Crippen molar-refractivity contribution in [2.45, 2.75) is 53.0 Å². The quantitative estimate of drug-likeness (QED) is 0.807. The summed E-state index contributed by atoms with van der Waals surface area (Å²) in [4.78, 5) is 4.44. The van der Waals surface area contributed by atoms with E-state index in [1.54, 1.807) is 0 Å². The lowest BCUT2D eigenvalue weighted by Gasteiger charge is -2.16. The summed E-state index contributed by atoms with van der Waals surface area (Å²) in [6.45, 7) is 11.6. The molecule has 92 valence electrons. The Morgan fingerprint density at radius 2 is 1.94 bits per heavy atom. The van der Waals surface area contributed by atoms with Crippen LogP contribution in [-0.2, 0) is 6.42 Å². The highest BCUT2D eigenvalue weighted by atomic mass is 16.5. The second kappa shape index (κ2) is 5.99. The van der Waals surface area contributed by atoms with Crippen LogP contribution in [0.2, 0.25) is 0 Å². The van der Waals surface area contributed by atoms with E-state index in [1.165, 1.54) is 0 Å². The first-order chi connectivity index (χ1) is 7.54. The van der Waals surface area contributed by atoms with E-state index >= 15 is 0 Å². The van der Waals surface area contributed by atoms with Gasteiger partial charge in [-0.3, -0.25) is 0 Å². The average molecular weight is 225 g/mol. The normalized spacial score (nSPS) is 15.4. The largest absolute Gasteiger partial charge is 0.339 e. The van der Waals surface area contributed by atoms with Crippen molar-refractivity contribution in [3.05, 3.63) is 11.7 Å². The molecule has 0 radical (unpaired) electrons. The third kappa shape index (κ3) is 3.59. The number of aromatic nitrogens is 2. The van der Waals surface area contributed by atoms with Crippen LogP contribution >= 0.6 is 0 Å². The predicted molar refractivity (Wildman–Crippen MR) is 64.4 cm³/mol. The highest BCUT2D eigenvalue weighted by molar-refractivity contribution is 4.96. The van der Waals surface area contributed by atoms with E-state index in [0.29, 0.717) is 12.0 Å². The number of rotatable bonds is 6. The standard InChI is InChI=1S/C12H23N3O/c1-6-13-10(5)9(4)12-14-11(15-16-12)7-8(2)3/h8-10,13H,6-7H2,1-5H3. The Labute approximate surface area is 97.8 Å². The summed E-state index contributed by atoms with van der Waals surface area (Å²) in [5.41, 5.74) is 0. The van der Waals surface area contributed by atoms with Gasteiger partial charge in [0, 0.05) is 12.5 Å². The van der Waals surface area contributed by atoms with E-state index in [0.717, 1.165) is 24.7 Å². The predicted octanol–water partition coefficient (Wildman–Crippen LogP) is 2.37. The van der Waals surface area contributed by atoms with Crippen LogP contribution in [0, 0.1) is 5.92 Å². The van der Waals surface area contributed by atoms with Crippen LogP contribution in [0.4, 0.5) is 0 Å². The van der Waals surface area contributed by atoms with Gasteiger partial charge in [0.05, 0.1) is 5.92 Å². The van der Waals surface area contributed by atoms with E-state index in [9.17, 15) is 0 Å². The highest BCUT2D eigenvalue weighted by Crippen LogP contribution is 2.17. The smallest absolute Gasteiger partial charge is 0.231 e. The molecule has 1 N–H and O–H groups in total. The summed E-state index contributed by atoms with van der Waals surface area (Å²) in [6, 6.07) is 0.359. The third-order valence-corrected chi connectivity index (χ3v) is 2.74. The molecule has 0 aromatic carbocycles. The van der Waals surface area contributed by atoms with Crippen molar-refractivity contribution in [3.63, 3.8) is 0 Å². The van der Waals surface area contributed by atoms with E-state index in [1.807, 2.05) is 0 Å². The maximum absolute atomic E-state index is 5.29. The maximum atomic E-state index is 5.29. The van der Waals surface area contributed by atoms with Crippen LogP contribution in [0.3, 0.4) is 0 Å². The Morgan fingerprint density at radius 3 is 2.50 bits per heavy atom. The molecule has 0 aliphatic heterocycles. The van der Waals surface area contributed by atoms with Crippen LogP contribution in [0.1, 0.15) is 52.3 Å². The molecule has 2 unspecified atom stereocenters. The third-order valence-electron chi connectivity index (χ3n) is 2.74. The van der Waals surface area contributed by atoms with Crippen molar-refractivity contribution in [2.24, 2.45) is 5.92 Å². The fraction of sp³-hybridized carbons (Fsp3) is 0.833. The summed E-state index contributed by atoms with van der Waals surface area (Å²) in [5, 5.41) is 7.37. The maximum Gasteiger partial charge on any atom is 0.231 e. The number of likely N-dealkylation sites (N-methyl/N-ethyl adjacent to an activating group) is 1. The Balaban J connectivity index is 2.62. The van der Waals surface area contributed by atoms with Crippen molar-refractivity contribution >= 4 is 0 Å². The van der Waals surface area contributed by atoms with Gasteiger partial charge in [-0.1, -0.05) is 32.9 Å². The van der Waals surface area contributed by atoms with Crippen LogP contribution < -0.4 is 5.32 Å². The van der Waals surface area contributed by atoms with Crippen LogP contribution in [0.15, 0.2) is 4.52 Å². The van der Waals surface area contributed by atoms with E-state index < -0.39 is 0 Å². The Kier molecular flexibility index (Phi) is 4.93. The molecule has 0 saturated carbocycles. The summed E-state index contributed by atoms with van der Waals surface area (Å²) in [7, 11) is 0. The molecule has 0 bridgehead atoms. The van der Waals surface area contributed by atoms with Gasteiger partial charge in [-0.25, -0.2) is 0 Å². The minimum absolute atomic E-state index is 0.258. The second-order valence-corrected chi connectivity index (χ2v) is 4.78. The topological polar surface area (TPSA) is 51.0 Å². The molecule has 16 heavy (non-hydrogen) atoms. The van der Waals surface area contributed by atoms with Crippen molar-refractivity contribution < 1.29 is 4.52 Å². The first kappa shape index (κ1) is 13.2. The van der Waals surface area contributed by atoms with E-state index in [4.69, 9.17) is 4.52 Å². The van der Waals surface area contributed by atoms with Crippen LogP contribution in [-0.4, -0.2) is 22.7 Å². The molecule has 4 heteroatoms. The molecular formula is C12H23N3O. The number of hydrogen-bond donors (Lipinski definition) is 1. The lowest BCUT2D eigenvalue weighted by Crippen LogP contribution is -2.30. The number of nitrogens with one attached hydrogen (secondary N) is 1. The summed E-state index contributed by atoms with van der Waals surface area (Å²) in [5.74, 6) is 2.38. The minimum Gasteiger partial charge on any atom is -0.339 e. The molecule has 1 aromatic heterocycles. The van der Waals surface area contributed by atoms with Gasteiger partial charge in [0.2, 0.25) is 5.89 Å². The SMILES string of the molecule is CCNC(C)C(C)c1nc(CC(C)C)no1. The molecule has 0 aliphatic rings. The molecule has 0 aliphatic carbocycles. The van der Waals surface area contributed by atoms with Crippen molar-refractivity contribution in [1.82, 2.24) is 15.5 Å². The van der Waals surface area contributed by atoms with E-state index in [-0.39, 0.29) is 5.92 Å². The van der Waals surface area contributed by atoms with Gasteiger partial charge in [0.15, 0.2) is 5.82 Å². The first-order valence-corrected chi connectivity index (χ1v) is 6.10. The van der Waals surface area contributed by atoms with E-state index in [2.05, 4.69) is 50.1 Å². The molecule has 1 heterocycles. The summed E-state index contributed by atoms with van der Waals surface area (Å²) >= 11 is 0. The minimum atomic E-state index is 0.258. The van der Waals surface area contributed by atoms with Gasteiger partial charge < -0.3 is 9.84 Å². The highest BCUT2D eigenvalue weighted by Gasteiger charge is 2.20. The van der Waals surface area contributed by atoms with Gasteiger partial charge in [0.1, 0.15) is 0 Å². The molecule has 0 saturated heterocycles. The zero-order valence-electron chi connectivity index (χ0n) is 10.9. The lowest BCUT2D eigenvalue weighted by molar-refractivity contribution is 0.328. The first-order valence-electron chi connectivity index (χ1n) is 6.10. The molecule has 1 rings (SSSR count). The zero-order chi connectivity index (χ0) is 12.1. The second-order valence-electron chi connectivity index (χ2n) is 4.78. The van der Waals surface area contributed by atoms with Crippen molar-refractivity contribution in [1.29, 1.82) is 0 Å². The fourth-order valence-corrected chi connectivity index (χ4v) is 1.61. The molecule has 0 fully saturated rings. The van der Waals surface area contributed by atoms with Crippen molar-refractivity contribution in [2.75, 3.05) is 6.54 Å². The molecule has 2 atom stereocenters. The van der Waals surface area contributed by atoms with Gasteiger partial charge in [-0.05, 0) is 19.4 Å². The number of hydrogen-bond acceptors (Lipinski definition) is 4. The average Bonchev–Trinajstić information content (AvgIpc) is 2.64. The van der Waals surface area contributed by atoms with Crippen molar-refractivity contribution in [3.8, 4) is 0 Å². The van der Waals surface area contributed by atoms with Crippen LogP contribution in [0.5, 0.6) is 0 Å². The van der Waals surface area contributed by atoms with Gasteiger partial charge in [-0.15, -0.1) is 0 Å². The van der Waals surface area contributed by atoms with Crippen LogP contribution in [0.25, 0.3) is 0 Å². The Bertz CT molecular complexity index is 309. The monoisotopic (exact) mass is 225 g/mol. The zero-order valence-corrected chi connectivity index (χ0v) is 10.9. The van der Waals surface area contributed by atoms with Gasteiger partial charge in [-0.2, -0.15) is 4.98 Å². The summed E-state index contributed by atoms with van der Waals surface area (Å²) in [6.07, 6.45) is 0.881. The summed E-state index contributed by atoms with van der Waals surface area (Å²) < 4.78 is 5.29. The lowest BCUT2D eigenvalue weighted by atomic mass is 10.0. The molecule has 0 amide bonds. The Hall–Kier alpha value is -0.900. The fourth-order valence-electron chi connectivity index (χ4n) is 1.61. The van der Waals surface area contributed by atoms with Gasteiger partial charge >= 0.3 is 0 Å². The molecule has 1 aromatic rings. The molecular weight excluding hydrogens is 202 g/mol. The molecule has 0 spiro atoms.